The van der Waals surface area contributed by atoms with E-state index in [1.54, 1.807) is 22.0 Å². The van der Waals surface area contributed by atoms with Crippen LogP contribution in [0.3, 0.4) is 0 Å². The fourth-order valence-corrected chi connectivity index (χ4v) is 5.05. The number of thioether (sulfide) groups is 1. The maximum atomic E-state index is 13.4. The Morgan fingerprint density at radius 1 is 1.16 bits per heavy atom. The van der Waals surface area contributed by atoms with Crippen LogP contribution in [0.15, 0.2) is 69.9 Å². The van der Waals surface area contributed by atoms with Crippen molar-refractivity contribution in [2.45, 2.75) is 32.0 Å². The van der Waals surface area contributed by atoms with Crippen LogP contribution >= 0.6 is 23.1 Å². The molecule has 0 aliphatic heterocycles. The number of thiophene rings is 1. The monoisotopic (exact) mass is 449 g/mol. The predicted molar refractivity (Wildman–Crippen MR) is 128 cm³/mol. The molecular weight excluding hydrogens is 426 g/mol. The zero-order chi connectivity index (χ0) is 22.0. The van der Waals surface area contributed by atoms with E-state index in [0.29, 0.717) is 16.1 Å². The van der Waals surface area contributed by atoms with Crippen LogP contribution in [0.2, 0.25) is 0 Å². The van der Waals surface area contributed by atoms with Gasteiger partial charge in [0.2, 0.25) is 5.91 Å². The third-order valence-corrected chi connectivity index (χ3v) is 7.01. The van der Waals surface area contributed by atoms with E-state index >= 15 is 0 Å². The summed E-state index contributed by atoms with van der Waals surface area (Å²) in [6.45, 7) is 5.97. The lowest BCUT2D eigenvalue weighted by Gasteiger charge is -2.16. The van der Waals surface area contributed by atoms with E-state index < -0.39 is 0 Å². The first-order chi connectivity index (χ1) is 14.9. The molecule has 7 heteroatoms. The predicted octanol–water partition coefficient (Wildman–Crippen LogP) is 5.03. The summed E-state index contributed by atoms with van der Waals surface area (Å²) >= 11 is 2.89. The van der Waals surface area contributed by atoms with Crippen molar-refractivity contribution in [1.29, 1.82) is 0 Å². The van der Waals surface area contributed by atoms with Crippen molar-refractivity contribution in [3.8, 4) is 5.69 Å². The lowest BCUT2D eigenvalue weighted by Crippen LogP contribution is -2.28. The topological polar surface area (TPSA) is 64.0 Å². The van der Waals surface area contributed by atoms with Gasteiger partial charge in [0.1, 0.15) is 0 Å². The van der Waals surface area contributed by atoms with Gasteiger partial charge in [-0.2, -0.15) is 0 Å². The van der Waals surface area contributed by atoms with Crippen LogP contribution in [0.1, 0.15) is 29.0 Å². The maximum Gasteiger partial charge on any atom is 0.266 e. The number of hydrogen-bond acceptors (Lipinski definition) is 5. The molecule has 2 aromatic heterocycles. The summed E-state index contributed by atoms with van der Waals surface area (Å²) in [5, 5.41) is 6.08. The van der Waals surface area contributed by atoms with E-state index in [9.17, 15) is 9.59 Å². The number of rotatable bonds is 6. The minimum absolute atomic E-state index is 0.0563. The lowest BCUT2D eigenvalue weighted by molar-refractivity contribution is -0.119. The van der Waals surface area contributed by atoms with Crippen molar-refractivity contribution in [1.82, 2.24) is 14.9 Å². The van der Waals surface area contributed by atoms with Gasteiger partial charge in [0.05, 0.1) is 28.4 Å². The van der Waals surface area contributed by atoms with E-state index in [0.717, 1.165) is 21.7 Å². The van der Waals surface area contributed by atoms with E-state index in [1.165, 1.54) is 11.8 Å². The van der Waals surface area contributed by atoms with E-state index in [-0.39, 0.29) is 23.3 Å². The molecule has 2 aromatic carbocycles. The van der Waals surface area contributed by atoms with Gasteiger partial charge in [-0.3, -0.25) is 14.2 Å². The van der Waals surface area contributed by atoms with Gasteiger partial charge in [0.25, 0.3) is 5.56 Å². The Bertz CT molecular complexity index is 1300. The van der Waals surface area contributed by atoms with Crippen LogP contribution < -0.4 is 10.9 Å². The van der Waals surface area contributed by atoms with Gasteiger partial charge in [0.15, 0.2) is 5.16 Å². The highest BCUT2D eigenvalue weighted by atomic mass is 32.2. The standard InChI is InChI=1S/C24H23N3O2S2/c1-15-10-11-20(16(2)13-15)27-23(29)18-7-4-5-8-19(18)26-24(27)31-14-22(28)25-17(3)21-9-6-12-30-21/h4-13,17H,14H2,1-3H3,(H,25,28). The van der Waals surface area contributed by atoms with Crippen LogP contribution in [0.4, 0.5) is 0 Å². The molecule has 0 saturated heterocycles. The molecule has 0 fully saturated rings. The van der Waals surface area contributed by atoms with Gasteiger partial charge in [-0.25, -0.2) is 4.98 Å². The molecule has 1 amide bonds. The number of nitrogens with one attached hydrogen (secondary N) is 1. The molecule has 0 saturated carbocycles. The summed E-state index contributed by atoms with van der Waals surface area (Å²) in [4.78, 5) is 31.8. The average Bonchev–Trinajstić information content (AvgIpc) is 3.28. The molecule has 158 valence electrons. The van der Waals surface area contributed by atoms with Crippen molar-refractivity contribution in [3.63, 3.8) is 0 Å². The number of carbonyl (C=O) groups is 1. The van der Waals surface area contributed by atoms with Crippen molar-refractivity contribution >= 4 is 39.9 Å². The summed E-state index contributed by atoms with van der Waals surface area (Å²) in [6, 6.07) is 17.2. The maximum absolute atomic E-state index is 13.4. The van der Waals surface area contributed by atoms with Gasteiger partial charge in [-0.05, 0) is 56.0 Å². The molecular formula is C24H23N3O2S2. The highest BCUT2D eigenvalue weighted by Crippen LogP contribution is 2.24. The van der Waals surface area contributed by atoms with Gasteiger partial charge >= 0.3 is 0 Å². The molecule has 0 bridgehead atoms. The third kappa shape index (κ3) is 4.57. The Hall–Kier alpha value is -2.90. The second-order valence-corrected chi connectivity index (χ2v) is 9.36. The molecule has 1 unspecified atom stereocenters. The number of hydrogen-bond donors (Lipinski definition) is 1. The minimum atomic E-state index is -0.132. The second kappa shape index (κ2) is 9.08. The third-order valence-electron chi connectivity index (χ3n) is 5.02. The molecule has 4 aromatic rings. The second-order valence-electron chi connectivity index (χ2n) is 7.44. The van der Waals surface area contributed by atoms with Gasteiger partial charge in [0, 0.05) is 4.88 Å². The highest BCUT2D eigenvalue weighted by molar-refractivity contribution is 7.99. The Morgan fingerprint density at radius 3 is 2.71 bits per heavy atom. The van der Waals surface area contributed by atoms with E-state index in [4.69, 9.17) is 4.98 Å². The molecule has 1 atom stereocenters. The summed E-state index contributed by atoms with van der Waals surface area (Å²) < 4.78 is 1.62. The average molecular weight is 450 g/mol. The normalized spacial score (nSPS) is 12.1. The number of fused-ring (bicyclic) bond motifs is 1. The molecule has 4 rings (SSSR count). The Balaban J connectivity index is 1.67. The summed E-state index contributed by atoms with van der Waals surface area (Å²) in [5.74, 6) is 0.0753. The Kier molecular flexibility index (Phi) is 6.25. The first-order valence-corrected chi connectivity index (χ1v) is 11.9. The fraction of sp³-hybridized carbons (Fsp3) is 0.208. The fourth-order valence-electron chi connectivity index (χ4n) is 3.50. The zero-order valence-electron chi connectivity index (χ0n) is 17.6. The molecule has 0 radical (unpaired) electrons. The number of amides is 1. The molecule has 0 aliphatic carbocycles. The van der Waals surface area contributed by atoms with Crippen LogP contribution in [-0.2, 0) is 4.79 Å². The Labute approximate surface area is 189 Å². The highest BCUT2D eigenvalue weighted by Gasteiger charge is 2.17. The summed E-state index contributed by atoms with van der Waals surface area (Å²) in [7, 11) is 0. The Morgan fingerprint density at radius 2 is 1.97 bits per heavy atom. The smallest absolute Gasteiger partial charge is 0.266 e. The number of benzene rings is 2. The minimum Gasteiger partial charge on any atom is -0.348 e. The molecule has 31 heavy (non-hydrogen) atoms. The van der Waals surface area contributed by atoms with Crippen LogP contribution in [-0.4, -0.2) is 21.2 Å². The molecule has 0 spiro atoms. The van der Waals surface area contributed by atoms with Crippen molar-refractivity contribution in [3.05, 3.63) is 86.3 Å². The number of para-hydroxylation sites is 1. The molecule has 1 N–H and O–H groups in total. The van der Waals surface area contributed by atoms with Crippen molar-refractivity contribution in [2.24, 2.45) is 0 Å². The quantitative estimate of drug-likeness (QED) is 0.331. The number of aromatic nitrogens is 2. The molecule has 0 aliphatic rings. The number of nitrogens with zero attached hydrogens (tertiary/aromatic N) is 2. The molecule has 5 nitrogen and oxygen atoms in total. The molecule has 2 heterocycles. The lowest BCUT2D eigenvalue weighted by atomic mass is 10.1. The van der Waals surface area contributed by atoms with Gasteiger partial charge in [-0.1, -0.05) is 47.7 Å². The first kappa shape index (κ1) is 21.3. The SMILES string of the molecule is Cc1ccc(-n2c(SCC(=O)NC(C)c3cccs3)nc3ccccc3c2=O)c(C)c1. The van der Waals surface area contributed by atoms with Crippen LogP contribution in [0, 0.1) is 13.8 Å². The van der Waals surface area contributed by atoms with E-state index in [1.807, 2.05) is 74.7 Å². The van der Waals surface area contributed by atoms with Gasteiger partial charge in [-0.15, -0.1) is 11.3 Å². The van der Waals surface area contributed by atoms with Crippen LogP contribution in [0.25, 0.3) is 16.6 Å². The largest absolute Gasteiger partial charge is 0.348 e. The van der Waals surface area contributed by atoms with E-state index in [2.05, 4.69) is 5.32 Å². The van der Waals surface area contributed by atoms with Crippen molar-refractivity contribution < 1.29 is 4.79 Å². The number of aryl methyl sites for hydroxylation is 2. The van der Waals surface area contributed by atoms with Crippen molar-refractivity contribution in [2.75, 3.05) is 5.75 Å². The number of carbonyl (C=O) groups excluding carboxylic acids is 1. The first-order valence-electron chi connectivity index (χ1n) is 9.99. The van der Waals surface area contributed by atoms with Crippen LogP contribution in [0.5, 0.6) is 0 Å². The zero-order valence-corrected chi connectivity index (χ0v) is 19.2. The summed E-state index contributed by atoms with van der Waals surface area (Å²) in [5.41, 5.74) is 3.38. The summed E-state index contributed by atoms with van der Waals surface area (Å²) in [6.07, 6.45) is 0. The van der Waals surface area contributed by atoms with Gasteiger partial charge < -0.3 is 5.32 Å².